The molecule has 1 fully saturated rings. The lowest BCUT2D eigenvalue weighted by Gasteiger charge is -2.24. The van der Waals surface area contributed by atoms with E-state index in [4.69, 9.17) is 0 Å². The number of piperidine rings is 1. The van der Waals surface area contributed by atoms with Gasteiger partial charge in [0.15, 0.2) is 5.82 Å². The summed E-state index contributed by atoms with van der Waals surface area (Å²) in [6, 6.07) is 11.8. The molecule has 1 aliphatic rings. The van der Waals surface area contributed by atoms with Crippen LogP contribution in [0.1, 0.15) is 24.8 Å². The van der Waals surface area contributed by atoms with Crippen LogP contribution in [0.3, 0.4) is 0 Å². The van der Waals surface area contributed by atoms with Crippen molar-refractivity contribution in [2.24, 2.45) is 0 Å². The Kier molecular flexibility index (Phi) is 4.85. The summed E-state index contributed by atoms with van der Waals surface area (Å²) in [6.45, 7) is 1.89. The molecule has 1 saturated heterocycles. The van der Waals surface area contributed by atoms with Gasteiger partial charge in [0.1, 0.15) is 11.4 Å². The van der Waals surface area contributed by atoms with Crippen molar-refractivity contribution in [2.75, 3.05) is 18.4 Å². The number of alkyl halides is 2. The number of aromatic hydroxyl groups is 1. The minimum absolute atomic E-state index is 0.225. The summed E-state index contributed by atoms with van der Waals surface area (Å²) >= 11 is 0. The normalized spacial score (nSPS) is 17.4. The lowest BCUT2D eigenvalue weighted by molar-refractivity contribution is 0.151. The highest BCUT2D eigenvalue weighted by atomic mass is 19.3. The van der Waals surface area contributed by atoms with Gasteiger partial charge in [0.05, 0.1) is 0 Å². The minimum Gasteiger partial charge on any atom is -0.507 e. The van der Waals surface area contributed by atoms with E-state index >= 15 is 0 Å². The van der Waals surface area contributed by atoms with Crippen molar-refractivity contribution >= 4 is 16.6 Å². The first-order chi connectivity index (χ1) is 13.1. The number of aromatic nitrogens is 2. The third kappa shape index (κ3) is 3.55. The standard InChI is InChI=1S/C20H20F2N4O/c21-19(22)12-7-8-16(17(27)10-12)18-14-5-1-2-6-15(14)20(26-25-18)24-13-4-3-9-23-11-13/h1-2,5-8,10,13,19,23,27H,3-4,9,11H2,(H,24,26). The highest BCUT2D eigenvalue weighted by molar-refractivity contribution is 6.00. The number of phenols is 1. The van der Waals surface area contributed by atoms with Gasteiger partial charge in [-0.3, -0.25) is 0 Å². The van der Waals surface area contributed by atoms with E-state index in [9.17, 15) is 13.9 Å². The molecular weight excluding hydrogens is 350 g/mol. The summed E-state index contributed by atoms with van der Waals surface area (Å²) in [4.78, 5) is 0. The average Bonchev–Trinajstić information content (AvgIpc) is 2.69. The van der Waals surface area contributed by atoms with Gasteiger partial charge in [-0.2, -0.15) is 0 Å². The van der Waals surface area contributed by atoms with Gasteiger partial charge in [-0.05, 0) is 31.5 Å². The van der Waals surface area contributed by atoms with E-state index in [2.05, 4.69) is 20.8 Å². The van der Waals surface area contributed by atoms with E-state index < -0.39 is 6.43 Å². The van der Waals surface area contributed by atoms with Crippen molar-refractivity contribution in [1.82, 2.24) is 15.5 Å². The summed E-state index contributed by atoms with van der Waals surface area (Å²) in [7, 11) is 0. The van der Waals surface area contributed by atoms with E-state index in [0.29, 0.717) is 17.1 Å². The van der Waals surface area contributed by atoms with Crippen molar-refractivity contribution in [1.29, 1.82) is 0 Å². The number of rotatable bonds is 4. The van der Waals surface area contributed by atoms with E-state index in [1.807, 2.05) is 24.3 Å². The number of halogens is 2. The maximum absolute atomic E-state index is 12.9. The summed E-state index contributed by atoms with van der Waals surface area (Å²) in [5.74, 6) is 0.455. The number of nitrogens with one attached hydrogen (secondary N) is 2. The molecule has 0 bridgehead atoms. The van der Waals surface area contributed by atoms with Crippen LogP contribution < -0.4 is 10.6 Å². The molecule has 1 atom stereocenters. The van der Waals surface area contributed by atoms with Crippen LogP contribution in [0.2, 0.25) is 0 Å². The summed E-state index contributed by atoms with van der Waals surface area (Å²) in [5.41, 5.74) is 0.627. The Hall–Kier alpha value is -2.80. The molecule has 0 spiro atoms. The molecule has 2 heterocycles. The Balaban J connectivity index is 1.76. The van der Waals surface area contributed by atoms with Gasteiger partial charge < -0.3 is 15.7 Å². The Labute approximate surface area is 155 Å². The fraction of sp³-hybridized carbons (Fsp3) is 0.300. The molecule has 27 heavy (non-hydrogen) atoms. The lowest BCUT2D eigenvalue weighted by Crippen LogP contribution is -2.38. The Morgan fingerprint density at radius 1 is 1.11 bits per heavy atom. The maximum Gasteiger partial charge on any atom is 0.263 e. The largest absolute Gasteiger partial charge is 0.507 e. The zero-order chi connectivity index (χ0) is 18.8. The predicted molar refractivity (Wildman–Crippen MR) is 101 cm³/mol. The lowest BCUT2D eigenvalue weighted by atomic mass is 10.0. The molecule has 1 aromatic heterocycles. The Morgan fingerprint density at radius 2 is 1.93 bits per heavy atom. The number of hydrogen-bond acceptors (Lipinski definition) is 5. The van der Waals surface area contributed by atoms with Crippen molar-refractivity contribution in [2.45, 2.75) is 25.3 Å². The van der Waals surface area contributed by atoms with Crippen LogP contribution in [-0.2, 0) is 0 Å². The van der Waals surface area contributed by atoms with Gasteiger partial charge in [0.25, 0.3) is 6.43 Å². The number of benzene rings is 2. The number of fused-ring (bicyclic) bond motifs is 1. The summed E-state index contributed by atoms with van der Waals surface area (Å²) in [6.07, 6.45) is -0.477. The van der Waals surface area contributed by atoms with Crippen molar-refractivity contribution in [3.63, 3.8) is 0 Å². The topological polar surface area (TPSA) is 70.1 Å². The summed E-state index contributed by atoms with van der Waals surface area (Å²) in [5, 5.41) is 27.4. The molecule has 5 nitrogen and oxygen atoms in total. The fourth-order valence-electron chi connectivity index (χ4n) is 3.46. The van der Waals surface area contributed by atoms with Gasteiger partial charge in [0, 0.05) is 34.5 Å². The molecule has 0 radical (unpaired) electrons. The van der Waals surface area contributed by atoms with Crippen LogP contribution in [0.4, 0.5) is 14.6 Å². The number of hydrogen-bond donors (Lipinski definition) is 3. The van der Waals surface area contributed by atoms with Gasteiger partial charge >= 0.3 is 0 Å². The molecule has 140 valence electrons. The molecule has 1 aliphatic heterocycles. The fourth-order valence-corrected chi connectivity index (χ4v) is 3.46. The molecule has 3 aromatic rings. The maximum atomic E-state index is 12.9. The highest BCUT2D eigenvalue weighted by Gasteiger charge is 2.18. The van der Waals surface area contributed by atoms with Gasteiger partial charge in [-0.1, -0.05) is 30.3 Å². The SMILES string of the molecule is Oc1cc(C(F)F)ccc1-c1nnc(NC2CCCNC2)c2ccccc12. The van der Waals surface area contributed by atoms with E-state index in [1.54, 1.807) is 0 Å². The van der Waals surface area contributed by atoms with Crippen molar-refractivity contribution < 1.29 is 13.9 Å². The van der Waals surface area contributed by atoms with Crippen LogP contribution in [0, 0.1) is 0 Å². The second-order valence-electron chi connectivity index (χ2n) is 6.71. The predicted octanol–water partition coefficient (Wildman–Crippen LogP) is 4.10. The molecule has 7 heteroatoms. The molecule has 0 saturated carbocycles. The average molecular weight is 370 g/mol. The van der Waals surface area contributed by atoms with Crippen LogP contribution in [0.5, 0.6) is 5.75 Å². The van der Waals surface area contributed by atoms with Gasteiger partial charge in [-0.25, -0.2) is 8.78 Å². The first-order valence-corrected chi connectivity index (χ1v) is 8.97. The smallest absolute Gasteiger partial charge is 0.263 e. The van der Waals surface area contributed by atoms with Crippen molar-refractivity contribution in [3.8, 4) is 17.0 Å². The van der Waals surface area contributed by atoms with Crippen LogP contribution in [-0.4, -0.2) is 34.4 Å². The van der Waals surface area contributed by atoms with E-state index in [1.165, 1.54) is 12.1 Å². The molecule has 0 amide bonds. The van der Waals surface area contributed by atoms with E-state index in [0.717, 1.165) is 42.8 Å². The van der Waals surface area contributed by atoms with Crippen LogP contribution >= 0.6 is 0 Å². The number of anilines is 1. The van der Waals surface area contributed by atoms with Crippen LogP contribution in [0.15, 0.2) is 42.5 Å². The summed E-state index contributed by atoms with van der Waals surface area (Å²) < 4.78 is 25.7. The molecule has 0 aliphatic carbocycles. The molecule has 1 unspecified atom stereocenters. The van der Waals surface area contributed by atoms with Gasteiger partial charge in [-0.15, -0.1) is 10.2 Å². The zero-order valence-corrected chi connectivity index (χ0v) is 14.6. The van der Waals surface area contributed by atoms with Gasteiger partial charge in [0.2, 0.25) is 0 Å². The quantitative estimate of drug-likeness (QED) is 0.645. The Morgan fingerprint density at radius 3 is 2.63 bits per heavy atom. The highest BCUT2D eigenvalue weighted by Crippen LogP contribution is 2.36. The Bertz CT molecular complexity index is 958. The molecule has 3 N–H and O–H groups in total. The third-order valence-electron chi connectivity index (χ3n) is 4.85. The second-order valence-corrected chi connectivity index (χ2v) is 6.71. The third-order valence-corrected chi connectivity index (χ3v) is 4.85. The second kappa shape index (κ2) is 7.44. The minimum atomic E-state index is -2.64. The van der Waals surface area contributed by atoms with Crippen LogP contribution in [0.25, 0.3) is 22.0 Å². The first-order valence-electron chi connectivity index (χ1n) is 8.97. The molecule has 2 aromatic carbocycles. The van der Waals surface area contributed by atoms with E-state index in [-0.39, 0.29) is 17.4 Å². The first kappa shape index (κ1) is 17.6. The molecule has 4 rings (SSSR count). The monoisotopic (exact) mass is 370 g/mol. The molecular formula is C20H20F2N4O. The number of nitrogens with zero attached hydrogens (tertiary/aromatic N) is 2. The van der Waals surface area contributed by atoms with Crippen molar-refractivity contribution in [3.05, 3.63) is 48.0 Å². The number of phenolic OH excluding ortho intramolecular Hbond substituents is 1. The zero-order valence-electron chi connectivity index (χ0n) is 14.6.